The van der Waals surface area contributed by atoms with Gasteiger partial charge in [-0.3, -0.25) is 0 Å². The standard InChI is InChI=1S/C12H16BrNO/c1-9-12(14-7-2-8-15-9)10-3-5-11(13)6-4-10/h3-6,9,12,14H,2,7-8H2,1H3/t9-,12+/m0/s1. The van der Waals surface area contributed by atoms with Gasteiger partial charge in [0.1, 0.15) is 0 Å². The molecular weight excluding hydrogens is 254 g/mol. The van der Waals surface area contributed by atoms with E-state index in [1.54, 1.807) is 0 Å². The van der Waals surface area contributed by atoms with E-state index >= 15 is 0 Å². The van der Waals surface area contributed by atoms with E-state index in [9.17, 15) is 0 Å². The van der Waals surface area contributed by atoms with Gasteiger partial charge < -0.3 is 10.1 Å². The number of benzene rings is 1. The van der Waals surface area contributed by atoms with Crippen LogP contribution in [0, 0.1) is 0 Å². The third-order valence-corrected chi connectivity index (χ3v) is 3.29. The highest BCUT2D eigenvalue weighted by molar-refractivity contribution is 9.10. The molecule has 0 amide bonds. The molecule has 0 unspecified atom stereocenters. The van der Waals surface area contributed by atoms with Gasteiger partial charge in [-0.1, -0.05) is 28.1 Å². The third kappa shape index (κ3) is 2.80. The van der Waals surface area contributed by atoms with Crippen LogP contribution in [0.15, 0.2) is 28.7 Å². The van der Waals surface area contributed by atoms with Crippen molar-refractivity contribution in [1.82, 2.24) is 5.32 Å². The summed E-state index contributed by atoms with van der Waals surface area (Å²) >= 11 is 3.45. The Balaban J connectivity index is 2.16. The van der Waals surface area contributed by atoms with E-state index in [-0.39, 0.29) is 6.10 Å². The van der Waals surface area contributed by atoms with Crippen molar-refractivity contribution in [2.75, 3.05) is 13.2 Å². The van der Waals surface area contributed by atoms with E-state index in [4.69, 9.17) is 4.74 Å². The van der Waals surface area contributed by atoms with Crippen LogP contribution >= 0.6 is 15.9 Å². The SMILES string of the molecule is C[C@@H]1OCCCN[C@H]1c1ccc(Br)cc1. The van der Waals surface area contributed by atoms with E-state index in [1.165, 1.54) is 5.56 Å². The van der Waals surface area contributed by atoms with Crippen LogP contribution in [0.25, 0.3) is 0 Å². The van der Waals surface area contributed by atoms with Gasteiger partial charge in [0.25, 0.3) is 0 Å². The zero-order valence-corrected chi connectivity index (χ0v) is 10.5. The zero-order valence-electron chi connectivity index (χ0n) is 8.87. The lowest BCUT2D eigenvalue weighted by Gasteiger charge is -2.22. The predicted molar refractivity (Wildman–Crippen MR) is 64.9 cm³/mol. The number of hydrogen-bond donors (Lipinski definition) is 1. The Morgan fingerprint density at radius 3 is 2.80 bits per heavy atom. The summed E-state index contributed by atoms with van der Waals surface area (Å²) in [5, 5.41) is 3.53. The molecule has 1 fully saturated rings. The summed E-state index contributed by atoms with van der Waals surface area (Å²) < 4.78 is 6.84. The molecule has 0 aromatic heterocycles. The van der Waals surface area contributed by atoms with Crippen molar-refractivity contribution in [2.24, 2.45) is 0 Å². The molecule has 2 nitrogen and oxygen atoms in total. The van der Waals surface area contributed by atoms with Crippen molar-refractivity contribution >= 4 is 15.9 Å². The van der Waals surface area contributed by atoms with Crippen molar-refractivity contribution < 1.29 is 4.74 Å². The van der Waals surface area contributed by atoms with Crippen LogP contribution in [0.4, 0.5) is 0 Å². The lowest BCUT2D eigenvalue weighted by molar-refractivity contribution is 0.0561. The Kier molecular flexibility index (Phi) is 3.78. The van der Waals surface area contributed by atoms with Crippen molar-refractivity contribution in [3.8, 4) is 0 Å². The van der Waals surface area contributed by atoms with Crippen LogP contribution in [0.5, 0.6) is 0 Å². The summed E-state index contributed by atoms with van der Waals surface area (Å²) in [6, 6.07) is 8.77. The Morgan fingerprint density at radius 2 is 2.07 bits per heavy atom. The zero-order chi connectivity index (χ0) is 10.7. The highest BCUT2D eigenvalue weighted by Gasteiger charge is 2.21. The molecule has 0 bridgehead atoms. The van der Waals surface area contributed by atoms with Gasteiger partial charge in [-0.15, -0.1) is 0 Å². The van der Waals surface area contributed by atoms with Gasteiger partial charge in [0, 0.05) is 11.1 Å². The van der Waals surface area contributed by atoms with Crippen molar-refractivity contribution in [3.63, 3.8) is 0 Å². The Labute approximate surface area is 99.1 Å². The quantitative estimate of drug-likeness (QED) is 0.847. The minimum absolute atomic E-state index is 0.244. The van der Waals surface area contributed by atoms with Crippen LogP contribution in [-0.2, 0) is 4.74 Å². The molecule has 1 aromatic carbocycles. The van der Waals surface area contributed by atoms with Crippen LogP contribution < -0.4 is 5.32 Å². The molecule has 82 valence electrons. The second-order valence-electron chi connectivity index (χ2n) is 3.91. The molecule has 1 aromatic rings. The summed E-state index contributed by atoms with van der Waals surface area (Å²) in [6.45, 7) is 4.03. The van der Waals surface area contributed by atoms with Crippen LogP contribution in [0.3, 0.4) is 0 Å². The molecule has 0 aliphatic carbocycles. The van der Waals surface area contributed by atoms with Crippen LogP contribution in [0.2, 0.25) is 0 Å². The first-order valence-corrected chi connectivity index (χ1v) is 6.17. The molecule has 0 radical (unpaired) electrons. The first-order chi connectivity index (χ1) is 7.27. The van der Waals surface area contributed by atoms with Gasteiger partial charge in [0.05, 0.1) is 12.1 Å². The second-order valence-corrected chi connectivity index (χ2v) is 4.83. The number of ether oxygens (including phenoxy) is 1. The van der Waals surface area contributed by atoms with Crippen LogP contribution in [-0.4, -0.2) is 19.3 Å². The average Bonchev–Trinajstić information content (AvgIpc) is 2.44. The molecule has 2 atom stereocenters. The maximum atomic E-state index is 5.73. The molecule has 1 aliphatic rings. The van der Waals surface area contributed by atoms with Crippen molar-refractivity contribution in [1.29, 1.82) is 0 Å². The molecular formula is C12H16BrNO. The van der Waals surface area contributed by atoms with E-state index in [0.29, 0.717) is 6.04 Å². The molecule has 15 heavy (non-hydrogen) atoms. The number of halogens is 1. The number of hydrogen-bond acceptors (Lipinski definition) is 2. The monoisotopic (exact) mass is 269 g/mol. The van der Waals surface area contributed by atoms with Crippen molar-refractivity contribution in [3.05, 3.63) is 34.3 Å². The summed E-state index contributed by atoms with van der Waals surface area (Å²) in [5.41, 5.74) is 1.30. The normalized spacial score (nSPS) is 27.3. The largest absolute Gasteiger partial charge is 0.376 e. The van der Waals surface area contributed by atoms with Gasteiger partial charge in [-0.25, -0.2) is 0 Å². The summed E-state index contributed by atoms with van der Waals surface area (Å²) in [6.07, 6.45) is 1.34. The third-order valence-electron chi connectivity index (χ3n) is 2.76. The fourth-order valence-electron chi connectivity index (χ4n) is 1.92. The summed E-state index contributed by atoms with van der Waals surface area (Å²) in [5.74, 6) is 0. The fraction of sp³-hybridized carbons (Fsp3) is 0.500. The van der Waals surface area contributed by atoms with Gasteiger partial charge >= 0.3 is 0 Å². The van der Waals surface area contributed by atoms with Gasteiger partial charge in [0.2, 0.25) is 0 Å². The molecule has 1 saturated heterocycles. The first-order valence-electron chi connectivity index (χ1n) is 5.38. The van der Waals surface area contributed by atoms with Crippen LogP contribution in [0.1, 0.15) is 24.9 Å². The maximum Gasteiger partial charge on any atom is 0.0741 e. The minimum Gasteiger partial charge on any atom is -0.376 e. The number of nitrogens with one attached hydrogen (secondary N) is 1. The van der Waals surface area contributed by atoms with Gasteiger partial charge in [-0.2, -0.15) is 0 Å². The van der Waals surface area contributed by atoms with E-state index < -0.39 is 0 Å². The molecule has 2 rings (SSSR count). The average molecular weight is 270 g/mol. The predicted octanol–water partition coefficient (Wildman–Crippen LogP) is 2.89. The Hall–Kier alpha value is -0.380. The molecule has 1 aliphatic heterocycles. The maximum absolute atomic E-state index is 5.73. The first kappa shape index (κ1) is 11.1. The lowest BCUT2D eigenvalue weighted by atomic mass is 10.0. The Bertz CT molecular complexity index is 312. The van der Waals surface area contributed by atoms with Crippen molar-refractivity contribution in [2.45, 2.75) is 25.5 Å². The summed E-state index contributed by atoms with van der Waals surface area (Å²) in [7, 11) is 0. The van der Waals surface area contributed by atoms with E-state index in [2.05, 4.69) is 52.4 Å². The topological polar surface area (TPSA) is 21.3 Å². The summed E-state index contributed by atoms with van der Waals surface area (Å²) in [4.78, 5) is 0. The molecule has 1 N–H and O–H groups in total. The Morgan fingerprint density at radius 1 is 1.33 bits per heavy atom. The fourth-order valence-corrected chi connectivity index (χ4v) is 2.18. The second kappa shape index (κ2) is 5.10. The van der Waals surface area contributed by atoms with Gasteiger partial charge in [0.15, 0.2) is 0 Å². The van der Waals surface area contributed by atoms with E-state index in [0.717, 1.165) is 24.0 Å². The molecule has 1 heterocycles. The highest BCUT2D eigenvalue weighted by Crippen LogP contribution is 2.22. The molecule has 0 spiro atoms. The minimum atomic E-state index is 0.244. The number of rotatable bonds is 1. The lowest BCUT2D eigenvalue weighted by Crippen LogP contribution is -2.29. The van der Waals surface area contributed by atoms with E-state index in [1.807, 2.05) is 0 Å². The smallest absolute Gasteiger partial charge is 0.0741 e. The van der Waals surface area contributed by atoms with Gasteiger partial charge in [-0.05, 0) is 37.6 Å². The molecule has 3 heteroatoms. The highest BCUT2D eigenvalue weighted by atomic mass is 79.9. The molecule has 0 saturated carbocycles.